The minimum Gasteiger partial charge on any atom is -0.382 e. The molecule has 0 bridgehead atoms. The van der Waals surface area contributed by atoms with Gasteiger partial charge < -0.3 is 9.74 Å². The van der Waals surface area contributed by atoms with Crippen LogP contribution in [0, 0.1) is 0 Å². The fraction of sp³-hybridized carbons (Fsp3) is 0.467. The molecule has 2 aliphatic heterocycles. The molecule has 106 valence electrons. The zero-order valence-corrected chi connectivity index (χ0v) is 11.6. The van der Waals surface area contributed by atoms with Crippen molar-refractivity contribution in [1.29, 1.82) is 0 Å². The van der Waals surface area contributed by atoms with Crippen molar-refractivity contribution < 1.29 is 14.4 Å². The van der Waals surface area contributed by atoms with Crippen molar-refractivity contribution in [2.45, 2.75) is 32.6 Å². The predicted octanol–water partition coefficient (Wildman–Crippen LogP) is 1.59. The summed E-state index contributed by atoms with van der Waals surface area (Å²) in [5.41, 5.74) is 5.78. The van der Waals surface area contributed by atoms with Gasteiger partial charge in [-0.05, 0) is 31.1 Å². The molecule has 1 N–H and O–H groups in total. The second-order valence-electron chi connectivity index (χ2n) is 5.34. The lowest BCUT2D eigenvalue weighted by atomic mass is 9.95. The Kier molecular flexibility index (Phi) is 3.34. The Hall–Kier alpha value is -2.04. The van der Waals surface area contributed by atoms with Crippen molar-refractivity contribution in [2.24, 2.45) is 0 Å². The van der Waals surface area contributed by atoms with Gasteiger partial charge in [0.2, 0.25) is 5.91 Å². The van der Waals surface area contributed by atoms with Crippen molar-refractivity contribution in [3.05, 3.63) is 34.8 Å². The minimum absolute atomic E-state index is 0.0997. The van der Waals surface area contributed by atoms with E-state index in [1.165, 1.54) is 0 Å². The van der Waals surface area contributed by atoms with Gasteiger partial charge in [-0.1, -0.05) is 0 Å². The van der Waals surface area contributed by atoms with Crippen molar-refractivity contribution in [2.75, 3.05) is 13.1 Å². The van der Waals surface area contributed by atoms with Crippen LogP contribution in [-0.4, -0.2) is 29.7 Å². The number of hydrogen-bond donors (Lipinski definition) is 1. The topological polar surface area (TPSA) is 58.6 Å². The molecule has 5 nitrogen and oxygen atoms in total. The first-order valence-corrected chi connectivity index (χ1v) is 7.01. The number of nitrogens with one attached hydrogen (secondary N) is 1. The molecule has 1 amide bonds. The molecule has 0 atom stereocenters. The number of carbonyl (C=O) groups excluding carboxylic acids is 2. The van der Waals surface area contributed by atoms with Crippen molar-refractivity contribution in [3.8, 4) is 0 Å². The van der Waals surface area contributed by atoms with Crippen molar-refractivity contribution in [1.82, 2.24) is 10.4 Å². The maximum absolute atomic E-state index is 11.6. The van der Waals surface area contributed by atoms with Crippen LogP contribution < -0.4 is 5.48 Å². The van der Waals surface area contributed by atoms with Gasteiger partial charge in [-0.2, -0.15) is 0 Å². The molecule has 0 aromatic carbocycles. The Bertz CT molecular complexity index is 557. The maximum Gasteiger partial charge on any atom is 0.222 e. The Balaban J connectivity index is 1.73. The molecule has 0 spiro atoms. The van der Waals surface area contributed by atoms with Crippen molar-refractivity contribution in [3.63, 3.8) is 0 Å². The minimum atomic E-state index is 0.0997. The standard InChI is InChI=1S/C15H18N2O3/c1-10-12-9-11(18)4-5-14(12)20-16-13(10)6-8-17-7-2-3-15(17)19/h5,9,16H,2-4,6-8H2,1H3. The highest BCUT2D eigenvalue weighted by Gasteiger charge is 2.25. The van der Waals surface area contributed by atoms with E-state index in [-0.39, 0.29) is 11.7 Å². The second kappa shape index (κ2) is 5.15. The van der Waals surface area contributed by atoms with Gasteiger partial charge in [0.25, 0.3) is 0 Å². The number of amides is 1. The first-order chi connectivity index (χ1) is 9.65. The van der Waals surface area contributed by atoms with Crippen LogP contribution in [0.2, 0.25) is 0 Å². The molecule has 2 heterocycles. The number of ketones is 1. The lowest BCUT2D eigenvalue weighted by molar-refractivity contribution is -0.127. The molecule has 20 heavy (non-hydrogen) atoms. The summed E-state index contributed by atoms with van der Waals surface area (Å²) in [4.78, 5) is 30.5. The number of carbonyl (C=O) groups is 2. The summed E-state index contributed by atoms with van der Waals surface area (Å²) in [5, 5.41) is 0. The fourth-order valence-electron chi connectivity index (χ4n) is 2.77. The Morgan fingerprint density at radius 2 is 2.25 bits per heavy atom. The third kappa shape index (κ3) is 2.35. The summed E-state index contributed by atoms with van der Waals surface area (Å²) in [6.07, 6.45) is 6.17. The van der Waals surface area contributed by atoms with E-state index < -0.39 is 0 Å². The predicted molar refractivity (Wildman–Crippen MR) is 73.1 cm³/mol. The molecular weight excluding hydrogens is 256 g/mol. The molecule has 0 unspecified atom stereocenters. The molecule has 1 saturated heterocycles. The first-order valence-electron chi connectivity index (χ1n) is 7.01. The van der Waals surface area contributed by atoms with E-state index in [1.807, 2.05) is 11.8 Å². The second-order valence-corrected chi connectivity index (χ2v) is 5.34. The third-order valence-electron chi connectivity index (χ3n) is 4.00. The van der Waals surface area contributed by atoms with Gasteiger partial charge >= 0.3 is 0 Å². The van der Waals surface area contributed by atoms with E-state index in [1.54, 1.807) is 12.2 Å². The van der Waals surface area contributed by atoms with Gasteiger partial charge in [-0.3, -0.25) is 9.59 Å². The maximum atomic E-state index is 11.6. The molecular formula is C15H18N2O3. The lowest BCUT2D eigenvalue weighted by Crippen LogP contribution is -2.30. The highest BCUT2D eigenvalue weighted by atomic mass is 16.6. The molecule has 3 aliphatic rings. The number of hydroxylamine groups is 1. The molecule has 5 heteroatoms. The van der Waals surface area contributed by atoms with Gasteiger partial charge in [-0.15, -0.1) is 0 Å². The van der Waals surface area contributed by atoms with E-state index in [0.29, 0.717) is 19.4 Å². The van der Waals surface area contributed by atoms with Crippen molar-refractivity contribution >= 4 is 11.7 Å². The number of rotatable bonds is 3. The Morgan fingerprint density at radius 1 is 1.40 bits per heavy atom. The summed E-state index contributed by atoms with van der Waals surface area (Å²) in [5.74, 6) is 1.05. The normalized spacial score (nSPS) is 22.1. The third-order valence-corrected chi connectivity index (χ3v) is 4.00. The van der Waals surface area contributed by atoms with Crippen LogP contribution in [0.5, 0.6) is 0 Å². The van der Waals surface area contributed by atoms with Gasteiger partial charge in [0.15, 0.2) is 11.5 Å². The number of fused-ring (bicyclic) bond motifs is 1. The molecule has 1 aliphatic carbocycles. The van der Waals surface area contributed by atoms with Crippen LogP contribution in [0.3, 0.4) is 0 Å². The summed E-state index contributed by atoms with van der Waals surface area (Å²) in [6.45, 7) is 3.52. The number of hydrogen-bond acceptors (Lipinski definition) is 4. The Labute approximate surface area is 117 Å². The Morgan fingerprint density at radius 3 is 3.00 bits per heavy atom. The molecule has 3 rings (SSSR count). The van der Waals surface area contributed by atoms with E-state index >= 15 is 0 Å². The van der Waals surface area contributed by atoms with Crippen LogP contribution in [0.4, 0.5) is 0 Å². The first kappa shape index (κ1) is 13.0. The van der Waals surface area contributed by atoms with Gasteiger partial charge in [-0.25, -0.2) is 5.48 Å². The number of allylic oxidation sites excluding steroid dienone is 3. The van der Waals surface area contributed by atoms with Crippen LogP contribution in [0.15, 0.2) is 34.8 Å². The molecule has 0 aromatic heterocycles. The highest BCUT2D eigenvalue weighted by molar-refractivity contribution is 5.94. The molecule has 1 fully saturated rings. The lowest BCUT2D eigenvalue weighted by Gasteiger charge is -2.27. The van der Waals surface area contributed by atoms with Crippen LogP contribution in [0.1, 0.15) is 32.6 Å². The van der Waals surface area contributed by atoms with Crippen LogP contribution in [-0.2, 0) is 14.4 Å². The SMILES string of the molecule is CC1=C(CCN2CCCC2=O)NOC2=CCC(=O)C=C21. The molecule has 0 radical (unpaired) electrons. The monoisotopic (exact) mass is 274 g/mol. The van der Waals surface area contributed by atoms with E-state index in [9.17, 15) is 9.59 Å². The smallest absolute Gasteiger partial charge is 0.222 e. The number of nitrogens with zero attached hydrogens (tertiary/aromatic N) is 1. The van der Waals surface area contributed by atoms with Gasteiger partial charge in [0, 0.05) is 37.9 Å². The average Bonchev–Trinajstić information content (AvgIpc) is 2.84. The van der Waals surface area contributed by atoms with E-state index in [0.717, 1.165) is 42.0 Å². The summed E-state index contributed by atoms with van der Waals surface area (Å²) >= 11 is 0. The number of likely N-dealkylation sites (tertiary alicyclic amines) is 1. The average molecular weight is 274 g/mol. The van der Waals surface area contributed by atoms with Crippen LogP contribution >= 0.6 is 0 Å². The highest BCUT2D eigenvalue weighted by Crippen LogP contribution is 2.30. The zero-order chi connectivity index (χ0) is 14.1. The zero-order valence-electron chi connectivity index (χ0n) is 11.6. The molecule has 0 saturated carbocycles. The summed E-state index contributed by atoms with van der Waals surface area (Å²) in [7, 11) is 0. The van der Waals surface area contributed by atoms with Gasteiger partial charge in [0.1, 0.15) is 0 Å². The fourth-order valence-corrected chi connectivity index (χ4v) is 2.77. The quantitative estimate of drug-likeness (QED) is 0.849. The summed E-state index contributed by atoms with van der Waals surface area (Å²) < 4.78 is 0. The van der Waals surface area contributed by atoms with E-state index in [4.69, 9.17) is 4.84 Å². The van der Waals surface area contributed by atoms with Crippen LogP contribution in [0.25, 0.3) is 0 Å². The summed E-state index contributed by atoms with van der Waals surface area (Å²) in [6, 6.07) is 0. The largest absolute Gasteiger partial charge is 0.382 e. The van der Waals surface area contributed by atoms with Gasteiger partial charge in [0.05, 0.1) is 5.70 Å². The molecule has 0 aromatic rings. The van der Waals surface area contributed by atoms with E-state index in [2.05, 4.69) is 5.48 Å².